The van der Waals surface area contributed by atoms with Crippen molar-refractivity contribution in [1.82, 2.24) is 20.5 Å². The lowest BCUT2D eigenvalue weighted by Gasteiger charge is -2.16. The van der Waals surface area contributed by atoms with E-state index in [-0.39, 0.29) is 24.0 Å². The van der Waals surface area contributed by atoms with Crippen LogP contribution in [0.2, 0.25) is 5.02 Å². The van der Waals surface area contributed by atoms with Gasteiger partial charge in [0.1, 0.15) is 0 Å². The Kier molecular flexibility index (Phi) is 12.5. The van der Waals surface area contributed by atoms with E-state index in [2.05, 4.69) is 45.7 Å². The maximum atomic E-state index is 6.13. The van der Waals surface area contributed by atoms with E-state index >= 15 is 0 Å². The van der Waals surface area contributed by atoms with Crippen LogP contribution in [0.3, 0.4) is 0 Å². The molecule has 2 aromatic rings. The Bertz CT molecular complexity index is 722. The van der Waals surface area contributed by atoms with E-state index in [9.17, 15) is 0 Å². The number of nitrogens with zero attached hydrogens (tertiary/aromatic N) is 2. The molecule has 1 aromatic heterocycles. The summed E-state index contributed by atoms with van der Waals surface area (Å²) in [5.41, 5.74) is 2.38. The minimum absolute atomic E-state index is 0. The summed E-state index contributed by atoms with van der Waals surface area (Å²) in [7, 11) is 3.86. The van der Waals surface area contributed by atoms with Gasteiger partial charge in [-0.2, -0.15) is 0 Å². The van der Waals surface area contributed by atoms with Gasteiger partial charge in [0.2, 0.25) is 0 Å². The minimum atomic E-state index is 0. The predicted molar refractivity (Wildman–Crippen MR) is 130 cm³/mol. The van der Waals surface area contributed by atoms with Crippen LogP contribution in [0, 0.1) is 0 Å². The van der Waals surface area contributed by atoms with E-state index in [0.717, 1.165) is 68.7 Å². The zero-order valence-electron chi connectivity index (χ0n) is 17.1. The molecule has 0 fully saturated rings. The van der Waals surface area contributed by atoms with Gasteiger partial charge in [-0.3, -0.25) is 4.99 Å². The molecule has 0 spiro atoms. The summed E-state index contributed by atoms with van der Waals surface area (Å²) in [4.78, 5) is 10.2. The second-order valence-electron chi connectivity index (χ2n) is 6.59. The number of aromatic nitrogens is 1. The molecule has 0 bridgehead atoms. The van der Waals surface area contributed by atoms with Crippen molar-refractivity contribution in [2.24, 2.45) is 4.99 Å². The van der Waals surface area contributed by atoms with Gasteiger partial charge in [0.15, 0.2) is 5.96 Å². The number of fused-ring (bicyclic) bond motifs is 1. The van der Waals surface area contributed by atoms with Crippen molar-refractivity contribution in [2.45, 2.75) is 19.8 Å². The second-order valence-corrected chi connectivity index (χ2v) is 7.03. The van der Waals surface area contributed by atoms with Gasteiger partial charge in [-0.25, -0.2) is 0 Å². The SMILES string of the molecule is CCNC(=NCCN(C)CCCOC)NCCc1c[nH]c2ccc(Cl)cc12.I. The molecule has 0 saturated heterocycles. The van der Waals surface area contributed by atoms with E-state index in [0.29, 0.717) is 0 Å². The molecule has 1 heterocycles. The van der Waals surface area contributed by atoms with Crippen LogP contribution in [0.4, 0.5) is 0 Å². The van der Waals surface area contributed by atoms with Crippen molar-refractivity contribution in [3.05, 3.63) is 35.0 Å². The van der Waals surface area contributed by atoms with E-state index in [1.54, 1.807) is 7.11 Å². The van der Waals surface area contributed by atoms with Crippen LogP contribution in [-0.4, -0.2) is 69.3 Å². The number of methoxy groups -OCH3 is 1. The van der Waals surface area contributed by atoms with Gasteiger partial charge in [0, 0.05) is 62.0 Å². The topological polar surface area (TPSA) is 64.7 Å². The van der Waals surface area contributed by atoms with Crippen molar-refractivity contribution < 1.29 is 4.74 Å². The lowest BCUT2D eigenvalue weighted by atomic mass is 10.1. The van der Waals surface area contributed by atoms with Gasteiger partial charge in [-0.1, -0.05) is 11.6 Å². The fraction of sp³-hybridized carbons (Fsp3) is 0.550. The molecular weight excluding hydrogens is 489 g/mol. The molecule has 3 N–H and O–H groups in total. The number of aliphatic imine (C=N–C) groups is 1. The zero-order valence-corrected chi connectivity index (χ0v) is 20.1. The molecule has 0 amide bonds. The molecule has 0 atom stereocenters. The number of guanidine groups is 1. The Morgan fingerprint density at radius 2 is 2.11 bits per heavy atom. The molecule has 158 valence electrons. The first-order valence-electron chi connectivity index (χ1n) is 9.59. The predicted octanol–water partition coefficient (Wildman–Crippen LogP) is 3.51. The monoisotopic (exact) mass is 521 g/mol. The zero-order chi connectivity index (χ0) is 19.5. The highest BCUT2D eigenvalue weighted by Gasteiger charge is 2.05. The largest absolute Gasteiger partial charge is 0.385 e. The third-order valence-electron chi connectivity index (χ3n) is 4.40. The Morgan fingerprint density at radius 3 is 2.86 bits per heavy atom. The summed E-state index contributed by atoms with van der Waals surface area (Å²) >= 11 is 6.13. The average molecular weight is 522 g/mol. The molecule has 0 saturated carbocycles. The molecule has 0 aliphatic rings. The highest BCUT2D eigenvalue weighted by Crippen LogP contribution is 2.22. The molecule has 8 heteroatoms. The summed E-state index contributed by atoms with van der Waals surface area (Å²) in [6.07, 6.45) is 4.01. The van der Waals surface area contributed by atoms with Crippen LogP contribution in [-0.2, 0) is 11.2 Å². The third-order valence-corrected chi connectivity index (χ3v) is 4.64. The van der Waals surface area contributed by atoms with Crippen molar-refractivity contribution in [3.63, 3.8) is 0 Å². The number of rotatable bonds is 11. The number of ether oxygens (including phenoxy) is 1. The number of hydrogen-bond acceptors (Lipinski definition) is 3. The molecule has 0 aliphatic heterocycles. The Morgan fingerprint density at radius 1 is 1.29 bits per heavy atom. The Labute approximate surface area is 190 Å². The van der Waals surface area contributed by atoms with Crippen molar-refractivity contribution in [3.8, 4) is 0 Å². The molecule has 0 unspecified atom stereocenters. The van der Waals surface area contributed by atoms with Gasteiger partial charge in [0.05, 0.1) is 6.54 Å². The highest BCUT2D eigenvalue weighted by atomic mass is 127. The number of benzene rings is 1. The third kappa shape index (κ3) is 8.55. The number of hydrogen-bond donors (Lipinski definition) is 3. The van der Waals surface area contributed by atoms with Crippen LogP contribution in [0.1, 0.15) is 18.9 Å². The number of aromatic amines is 1. The maximum Gasteiger partial charge on any atom is 0.191 e. The van der Waals surface area contributed by atoms with Crippen LogP contribution < -0.4 is 10.6 Å². The fourth-order valence-corrected chi connectivity index (χ4v) is 3.11. The average Bonchev–Trinajstić information content (AvgIpc) is 3.04. The van der Waals surface area contributed by atoms with E-state index < -0.39 is 0 Å². The van der Waals surface area contributed by atoms with Crippen molar-refractivity contribution in [2.75, 3.05) is 53.5 Å². The molecule has 6 nitrogen and oxygen atoms in total. The first-order chi connectivity index (χ1) is 13.1. The molecular formula is C20H33ClIN5O. The van der Waals surface area contributed by atoms with E-state index in [1.165, 1.54) is 10.9 Å². The minimum Gasteiger partial charge on any atom is -0.385 e. The molecule has 2 rings (SSSR count). The molecule has 1 aromatic carbocycles. The summed E-state index contributed by atoms with van der Waals surface area (Å²) in [6, 6.07) is 5.94. The van der Waals surface area contributed by atoms with Gasteiger partial charge >= 0.3 is 0 Å². The Hall–Kier alpha value is -1.03. The first-order valence-corrected chi connectivity index (χ1v) is 9.97. The normalized spacial score (nSPS) is 11.7. The smallest absolute Gasteiger partial charge is 0.191 e. The second kappa shape index (κ2) is 14.0. The number of H-pyrrole nitrogens is 1. The standard InChI is InChI=1S/C20H32ClN5O.HI/c1-4-22-20(24-10-12-26(2)11-5-13-27-3)23-9-8-16-15-25-19-7-6-17(21)14-18(16)19;/h6-7,14-15,25H,4-5,8-13H2,1-3H3,(H2,22,23,24);1H. The van der Waals surface area contributed by atoms with Crippen LogP contribution >= 0.6 is 35.6 Å². The number of nitrogens with one attached hydrogen (secondary N) is 3. The number of halogens is 2. The Balaban J connectivity index is 0.00000392. The first kappa shape index (κ1) is 25.0. The van der Waals surface area contributed by atoms with Crippen LogP contribution in [0.5, 0.6) is 0 Å². The van der Waals surface area contributed by atoms with E-state index in [1.807, 2.05) is 18.2 Å². The lowest BCUT2D eigenvalue weighted by Crippen LogP contribution is -2.39. The maximum absolute atomic E-state index is 6.13. The summed E-state index contributed by atoms with van der Waals surface area (Å²) in [5.74, 6) is 0.862. The summed E-state index contributed by atoms with van der Waals surface area (Å²) in [6.45, 7) is 7.26. The highest BCUT2D eigenvalue weighted by molar-refractivity contribution is 14.0. The van der Waals surface area contributed by atoms with Gasteiger partial charge in [-0.15, -0.1) is 24.0 Å². The summed E-state index contributed by atoms with van der Waals surface area (Å²) in [5, 5.41) is 8.67. The van der Waals surface area contributed by atoms with Gasteiger partial charge in [-0.05, 0) is 50.6 Å². The fourth-order valence-electron chi connectivity index (χ4n) is 2.94. The summed E-state index contributed by atoms with van der Waals surface area (Å²) < 4.78 is 5.09. The van der Waals surface area contributed by atoms with Crippen LogP contribution in [0.25, 0.3) is 10.9 Å². The molecule has 28 heavy (non-hydrogen) atoms. The molecule has 0 aliphatic carbocycles. The van der Waals surface area contributed by atoms with Gasteiger partial charge < -0.3 is 25.3 Å². The van der Waals surface area contributed by atoms with Crippen LogP contribution in [0.15, 0.2) is 29.4 Å². The lowest BCUT2D eigenvalue weighted by molar-refractivity contribution is 0.180. The van der Waals surface area contributed by atoms with Crippen molar-refractivity contribution >= 4 is 52.4 Å². The quantitative estimate of drug-likeness (QED) is 0.183. The molecule has 0 radical (unpaired) electrons. The van der Waals surface area contributed by atoms with Crippen molar-refractivity contribution in [1.29, 1.82) is 0 Å². The van der Waals surface area contributed by atoms with Gasteiger partial charge in [0.25, 0.3) is 0 Å². The van der Waals surface area contributed by atoms with E-state index in [4.69, 9.17) is 16.3 Å². The number of likely N-dealkylation sites (N-methyl/N-ethyl adjacent to an activating group) is 1.